The fourth-order valence-corrected chi connectivity index (χ4v) is 4.86. The average molecular weight is 400 g/mol. The Morgan fingerprint density at radius 2 is 1.86 bits per heavy atom. The predicted octanol–water partition coefficient (Wildman–Crippen LogP) is 3.68. The Bertz CT molecular complexity index is 828. The standard InChI is InChI=1S/C22H29N3O2S/c1-16(2)24-10-8-18(9-11-24)27-20-5-3-4-17-6-7-19(23-21(17)20)22(26)25-12-14-28-15-13-25/h3-7,16,18H,8-15H2,1-2H3. The van der Waals surface area contributed by atoms with Crippen LogP contribution in [0.2, 0.25) is 0 Å². The second kappa shape index (κ2) is 8.70. The molecule has 0 atom stereocenters. The van der Waals surface area contributed by atoms with E-state index in [9.17, 15) is 4.79 Å². The van der Waals surface area contributed by atoms with Gasteiger partial charge in [-0.1, -0.05) is 18.2 Å². The van der Waals surface area contributed by atoms with Crippen molar-refractivity contribution in [3.8, 4) is 5.75 Å². The van der Waals surface area contributed by atoms with Crippen molar-refractivity contribution in [2.24, 2.45) is 0 Å². The molecule has 0 spiro atoms. The molecule has 2 fully saturated rings. The van der Waals surface area contributed by atoms with E-state index in [-0.39, 0.29) is 12.0 Å². The molecule has 2 aliphatic rings. The van der Waals surface area contributed by atoms with Gasteiger partial charge in [0.15, 0.2) is 0 Å². The molecule has 150 valence electrons. The molecular formula is C22H29N3O2S. The third-order valence-corrected chi connectivity index (χ3v) is 6.64. The minimum Gasteiger partial charge on any atom is -0.488 e. The Morgan fingerprint density at radius 3 is 2.57 bits per heavy atom. The van der Waals surface area contributed by atoms with Gasteiger partial charge in [-0.2, -0.15) is 11.8 Å². The summed E-state index contributed by atoms with van der Waals surface area (Å²) in [5, 5.41) is 1.02. The summed E-state index contributed by atoms with van der Waals surface area (Å²) < 4.78 is 6.36. The summed E-state index contributed by atoms with van der Waals surface area (Å²) in [5.74, 6) is 2.83. The number of carbonyl (C=O) groups excluding carboxylic acids is 1. The van der Waals surface area contributed by atoms with Gasteiger partial charge in [-0.15, -0.1) is 0 Å². The minimum absolute atomic E-state index is 0.0299. The molecule has 28 heavy (non-hydrogen) atoms. The Kier molecular flexibility index (Phi) is 6.07. The lowest BCUT2D eigenvalue weighted by Crippen LogP contribution is -2.41. The lowest BCUT2D eigenvalue weighted by molar-refractivity contribution is 0.0767. The van der Waals surface area contributed by atoms with Gasteiger partial charge >= 0.3 is 0 Å². The number of benzene rings is 1. The van der Waals surface area contributed by atoms with Crippen LogP contribution in [0, 0.1) is 0 Å². The Hall–Kier alpha value is -1.79. The van der Waals surface area contributed by atoms with Crippen LogP contribution in [0.4, 0.5) is 0 Å². The smallest absolute Gasteiger partial charge is 0.272 e. The monoisotopic (exact) mass is 399 g/mol. The molecule has 0 saturated carbocycles. The van der Waals surface area contributed by atoms with Crippen molar-refractivity contribution in [2.45, 2.75) is 38.8 Å². The summed E-state index contributed by atoms with van der Waals surface area (Å²) in [4.78, 5) is 22.0. The molecule has 2 aliphatic heterocycles. The van der Waals surface area contributed by atoms with E-state index in [2.05, 4.69) is 18.7 Å². The van der Waals surface area contributed by atoms with Crippen molar-refractivity contribution in [3.05, 3.63) is 36.0 Å². The van der Waals surface area contributed by atoms with Crippen molar-refractivity contribution >= 4 is 28.6 Å². The quantitative estimate of drug-likeness (QED) is 0.785. The van der Waals surface area contributed by atoms with E-state index < -0.39 is 0 Å². The number of hydrogen-bond donors (Lipinski definition) is 0. The van der Waals surface area contributed by atoms with Crippen LogP contribution in [0.1, 0.15) is 37.2 Å². The predicted molar refractivity (Wildman–Crippen MR) is 115 cm³/mol. The van der Waals surface area contributed by atoms with E-state index in [0.717, 1.165) is 67.2 Å². The number of fused-ring (bicyclic) bond motifs is 1. The normalized spacial score (nSPS) is 19.3. The number of piperidine rings is 1. The van der Waals surface area contributed by atoms with Gasteiger partial charge in [0, 0.05) is 49.1 Å². The fourth-order valence-electron chi connectivity index (χ4n) is 3.95. The maximum atomic E-state index is 12.9. The maximum Gasteiger partial charge on any atom is 0.272 e. The lowest BCUT2D eigenvalue weighted by atomic mass is 10.1. The summed E-state index contributed by atoms with van der Waals surface area (Å²) in [6, 6.07) is 10.4. The van der Waals surface area contributed by atoms with Gasteiger partial charge in [0.05, 0.1) is 0 Å². The highest BCUT2D eigenvalue weighted by Crippen LogP contribution is 2.28. The molecule has 0 unspecified atom stereocenters. The third kappa shape index (κ3) is 4.28. The molecule has 1 aromatic carbocycles. The molecule has 0 aliphatic carbocycles. The zero-order valence-corrected chi connectivity index (χ0v) is 17.6. The van der Waals surface area contributed by atoms with E-state index in [1.807, 2.05) is 47.0 Å². The number of rotatable bonds is 4. The molecule has 5 nitrogen and oxygen atoms in total. The second-order valence-corrected chi connectivity index (χ2v) is 9.10. The number of aromatic nitrogens is 1. The van der Waals surface area contributed by atoms with Gasteiger partial charge in [0.1, 0.15) is 23.1 Å². The first-order chi connectivity index (χ1) is 13.6. The summed E-state index contributed by atoms with van der Waals surface area (Å²) >= 11 is 1.90. The largest absolute Gasteiger partial charge is 0.488 e. The highest BCUT2D eigenvalue weighted by atomic mass is 32.2. The van der Waals surface area contributed by atoms with Crippen LogP contribution in [0.3, 0.4) is 0 Å². The number of thioether (sulfide) groups is 1. The molecule has 0 bridgehead atoms. The third-order valence-electron chi connectivity index (χ3n) is 5.70. The minimum atomic E-state index is 0.0299. The molecule has 1 aromatic heterocycles. The van der Waals surface area contributed by atoms with E-state index in [0.29, 0.717) is 11.7 Å². The van der Waals surface area contributed by atoms with Gasteiger partial charge in [0.2, 0.25) is 0 Å². The Balaban J connectivity index is 1.53. The average Bonchev–Trinajstić information content (AvgIpc) is 2.74. The van der Waals surface area contributed by atoms with Crippen LogP contribution < -0.4 is 4.74 Å². The highest BCUT2D eigenvalue weighted by Gasteiger charge is 2.24. The van der Waals surface area contributed by atoms with E-state index in [4.69, 9.17) is 9.72 Å². The first-order valence-electron chi connectivity index (χ1n) is 10.3. The van der Waals surface area contributed by atoms with Crippen molar-refractivity contribution < 1.29 is 9.53 Å². The van der Waals surface area contributed by atoms with E-state index in [1.165, 1.54) is 0 Å². The number of pyridine rings is 1. The molecule has 3 heterocycles. The van der Waals surface area contributed by atoms with Crippen molar-refractivity contribution in [2.75, 3.05) is 37.7 Å². The first kappa shape index (κ1) is 19.5. The molecule has 2 saturated heterocycles. The fraction of sp³-hybridized carbons (Fsp3) is 0.545. The van der Waals surface area contributed by atoms with Crippen LogP contribution in [-0.2, 0) is 0 Å². The van der Waals surface area contributed by atoms with Crippen LogP contribution in [0.25, 0.3) is 10.9 Å². The van der Waals surface area contributed by atoms with Gasteiger partial charge in [0.25, 0.3) is 5.91 Å². The zero-order valence-electron chi connectivity index (χ0n) is 16.8. The molecule has 4 rings (SSSR count). The van der Waals surface area contributed by atoms with Gasteiger partial charge in [-0.05, 0) is 38.8 Å². The van der Waals surface area contributed by atoms with Crippen LogP contribution in [0.5, 0.6) is 5.75 Å². The SMILES string of the molecule is CC(C)N1CCC(Oc2cccc3ccc(C(=O)N4CCSCC4)nc23)CC1. The number of nitrogens with zero attached hydrogens (tertiary/aromatic N) is 3. The first-order valence-corrected chi connectivity index (χ1v) is 11.4. The Morgan fingerprint density at radius 1 is 1.11 bits per heavy atom. The number of likely N-dealkylation sites (tertiary alicyclic amines) is 1. The Labute approximate surface area is 171 Å². The van der Waals surface area contributed by atoms with Crippen molar-refractivity contribution in [1.82, 2.24) is 14.8 Å². The molecule has 1 amide bonds. The topological polar surface area (TPSA) is 45.7 Å². The molecule has 0 radical (unpaired) electrons. The van der Waals surface area contributed by atoms with Crippen LogP contribution in [0.15, 0.2) is 30.3 Å². The second-order valence-electron chi connectivity index (χ2n) is 7.88. The zero-order chi connectivity index (χ0) is 19.5. The van der Waals surface area contributed by atoms with Gasteiger partial charge in [-0.25, -0.2) is 4.98 Å². The lowest BCUT2D eigenvalue weighted by Gasteiger charge is -2.34. The highest BCUT2D eigenvalue weighted by molar-refractivity contribution is 7.99. The number of amides is 1. The summed E-state index contributed by atoms with van der Waals surface area (Å²) in [7, 11) is 0. The van der Waals surface area contributed by atoms with Crippen LogP contribution in [-0.4, -0.2) is 70.5 Å². The van der Waals surface area contributed by atoms with Crippen molar-refractivity contribution in [3.63, 3.8) is 0 Å². The van der Waals surface area contributed by atoms with Gasteiger partial charge in [-0.3, -0.25) is 4.79 Å². The molecular weight excluding hydrogens is 370 g/mol. The van der Waals surface area contributed by atoms with Crippen LogP contribution >= 0.6 is 11.8 Å². The number of carbonyl (C=O) groups is 1. The van der Waals surface area contributed by atoms with E-state index >= 15 is 0 Å². The van der Waals surface area contributed by atoms with Crippen molar-refractivity contribution in [1.29, 1.82) is 0 Å². The molecule has 0 N–H and O–H groups in total. The number of ether oxygens (including phenoxy) is 1. The number of hydrogen-bond acceptors (Lipinski definition) is 5. The molecule has 6 heteroatoms. The summed E-state index contributed by atoms with van der Waals surface area (Å²) in [6.45, 7) is 8.23. The van der Waals surface area contributed by atoms with Gasteiger partial charge < -0.3 is 14.5 Å². The van der Waals surface area contributed by atoms with E-state index in [1.54, 1.807) is 0 Å². The summed E-state index contributed by atoms with van der Waals surface area (Å²) in [6.07, 6.45) is 2.26. The molecule has 2 aromatic rings. The summed E-state index contributed by atoms with van der Waals surface area (Å²) in [5.41, 5.74) is 1.32. The maximum absolute atomic E-state index is 12.9. The number of para-hydroxylation sites is 1.